The van der Waals surface area contributed by atoms with E-state index < -0.39 is 5.97 Å². The lowest BCUT2D eigenvalue weighted by Crippen LogP contribution is -2.31. The maximum absolute atomic E-state index is 11.6. The van der Waals surface area contributed by atoms with Crippen molar-refractivity contribution in [3.05, 3.63) is 29.8 Å². The zero-order valence-electron chi connectivity index (χ0n) is 10.7. The van der Waals surface area contributed by atoms with E-state index in [4.69, 9.17) is 5.11 Å². The Morgan fingerprint density at radius 2 is 1.89 bits per heavy atom. The summed E-state index contributed by atoms with van der Waals surface area (Å²) in [6.45, 7) is 0.684. The number of carboxylic acid groups (broad SMARTS) is 1. The Kier molecular flexibility index (Phi) is 4.39. The lowest BCUT2D eigenvalue weighted by atomic mass is 9.83. The summed E-state index contributed by atoms with van der Waals surface area (Å²) in [5.74, 6) is -0.202. The van der Waals surface area contributed by atoms with Crippen LogP contribution in [-0.4, -0.2) is 23.7 Å². The fourth-order valence-electron chi connectivity index (χ4n) is 2.04. The van der Waals surface area contributed by atoms with Gasteiger partial charge in [0.2, 0.25) is 0 Å². The number of benzene rings is 1. The van der Waals surface area contributed by atoms with Crippen molar-refractivity contribution in [2.45, 2.75) is 25.7 Å². The van der Waals surface area contributed by atoms with Crippen LogP contribution in [0.25, 0.3) is 0 Å². The predicted molar refractivity (Wildman–Crippen MR) is 72.4 cm³/mol. The first kappa shape index (κ1) is 13.4. The molecule has 1 aliphatic carbocycles. The SMILES string of the molecule is O=C(NCCC1CCC1)Nc1ccc(C(=O)O)cc1. The van der Waals surface area contributed by atoms with E-state index in [2.05, 4.69) is 10.6 Å². The maximum atomic E-state index is 11.6. The van der Waals surface area contributed by atoms with Gasteiger partial charge in [0.15, 0.2) is 0 Å². The number of aromatic carboxylic acids is 1. The van der Waals surface area contributed by atoms with Gasteiger partial charge in [-0.15, -0.1) is 0 Å². The van der Waals surface area contributed by atoms with Crippen LogP contribution in [0.15, 0.2) is 24.3 Å². The Labute approximate surface area is 112 Å². The number of urea groups is 1. The van der Waals surface area contributed by atoms with Crippen LogP contribution < -0.4 is 10.6 Å². The van der Waals surface area contributed by atoms with Crippen molar-refractivity contribution < 1.29 is 14.7 Å². The summed E-state index contributed by atoms with van der Waals surface area (Å²) in [4.78, 5) is 22.3. The molecule has 102 valence electrons. The van der Waals surface area contributed by atoms with Gasteiger partial charge in [0.05, 0.1) is 5.56 Å². The van der Waals surface area contributed by atoms with E-state index in [9.17, 15) is 9.59 Å². The van der Waals surface area contributed by atoms with Gasteiger partial charge in [0, 0.05) is 12.2 Å². The van der Waals surface area contributed by atoms with Gasteiger partial charge >= 0.3 is 12.0 Å². The molecule has 3 N–H and O–H groups in total. The molecule has 1 fully saturated rings. The highest BCUT2D eigenvalue weighted by atomic mass is 16.4. The molecular weight excluding hydrogens is 244 g/mol. The molecule has 0 aromatic heterocycles. The number of carbonyl (C=O) groups is 2. The summed E-state index contributed by atoms with van der Waals surface area (Å²) in [6.07, 6.45) is 4.90. The lowest BCUT2D eigenvalue weighted by Gasteiger charge is -2.25. The van der Waals surface area contributed by atoms with Gasteiger partial charge < -0.3 is 15.7 Å². The van der Waals surface area contributed by atoms with Gasteiger partial charge in [-0.25, -0.2) is 9.59 Å². The van der Waals surface area contributed by atoms with E-state index in [1.54, 1.807) is 12.1 Å². The molecule has 0 saturated heterocycles. The Hall–Kier alpha value is -2.04. The van der Waals surface area contributed by atoms with Crippen molar-refractivity contribution >= 4 is 17.7 Å². The fraction of sp³-hybridized carbons (Fsp3) is 0.429. The number of hydrogen-bond donors (Lipinski definition) is 3. The summed E-state index contributed by atoms with van der Waals surface area (Å²) in [5, 5.41) is 14.2. The zero-order valence-corrected chi connectivity index (χ0v) is 10.7. The average molecular weight is 262 g/mol. The van der Waals surface area contributed by atoms with Gasteiger partial charge in [-0.3, -0.25) is 0 Å². The monoisotopic (exact) mass is 262 g/mol. The minimum atomic E-state index is -0.975. The smallest absolute Gasteiger partial charge is 0.335 e. The van der Waals surface area contributed by atoms with Crippen molar-refractivity contribution in [2.75, 3.05) is 11.9 Å². The van der Waals surface area contributed by atoms with E-state index in [0.29, 0.717) is 12.2 Å². The molecule has 5 nitrogen and oxygen atoms in total. The first-order valence-electron chi connectivity index (χ1n) is 6.53. The normalized spacial score (nSPS) is 14.5. The Bertz CT molecular complexity index is 452. The average Bonchev–Trinajstić information content (AvgIpc) is 2.33. The number of amides is 2. The van der Waals surface area contributed by atoms with E-state index in [0.717, 1.165) is 12.3 Å². The highest BCUT2D eigenvalue weighted by Crippen LogP contribution is 2.28. The van der Waals surface area contributed by atoms with Crippen LogP contribution >= 0.6 is 0 Å². The molecule has 0 heterocycles. The molecule has 0 spiro atoms. The van der Waals surface area contributed by atoms with E-state index >= 15 is 0 Å². The second-order valence-corrected chi connectivity index (χ2v) is 4.85. The van der Waals surface area contributed by atoms with Gasteiger partial charge in [0.1, 0.15) is 0 Å². The van der Waals surface area contributed by atoms with Crippen molar-refractivity contribution in [3.63, 3.8) is 0 Å². The van der Waals surface area contributed by atoms with Crippen LogP contribution in [0, 0.1) is 5.92 Å². The van der Waals surface area contributed by atoms with Crippen LogP contribution in [0.2, 0.25) is 0 Å². The van der Waals surface area contributed by atoms with Crippen LogP contribution in [0.3, 0.4) is 0 Å². The van der Waals surface area contributed by atoms with Gasteiger partial charge in [0.25, 0.3) is 0 Å². The number of nitrogens with one attached hydrogen (secondary N) is 2. The molecule has 1 aliphatic rings. The minimum Gasteiger partial charge on any atom is -0.478 e. The van der Waals surface area contributed by atoms with Crippen LogP contribution in [0.5, 0.6) is 0 Å². The minimum absolute atomic E-state index is 0.205. The highest BCUT2D eigenvalue weighted by molar-refractivity contribution is 5.91. The molecule has 0 bridgehead atoms. The molecule has 0 aliphatic heterocycles. The summed E-state index contributed by atoms with van der Waals surface area (Å²) < 4.78 is 0. The fourth-order valence-corrected chi connectivity index (χ4v) is 2.04. The zero-order chi connectivity index (χ0) is 13.7. The summed E-state index contributed by atoms with van der Waals surface area (Å²) in [7, 11) is 0. The summed E-state index contributed by atoms with van der Waals surface area (Å²) in [6, 6.07) is 5.84. The topological polar surface area (TPSA) is 78.4 Å². The predicted octanol–water partition coefficient (Wildman–Crippen LogP) is 2.70. The first-order chi connectivity index (χ1) is 9.15. The molecule has 19 heavy (non-hydrogen) atoms. The largest absolute Gasteiger partial charge is 0.478 e. The second kappa shape index (κ2) is 6.22. The molecule has 2 amide bonds. The third kappa shape index (κ3) is 3.98. The molecule has 0 atom stereocenters. The number of carbonyl (C=O) groups excluding carboxylic acids is 1. The Morgan fingerprint density at radius 3 is 2.42 bits per heavy atom. The molecule has 1 saturated carbocycles. The number of carboxylic acids is 1. The molecule has 1 aromatic carbocycles. The van der Waals surface area contributed by atoms with Crippen molar-refractivity contribution in [1.29, 1.82) is 0 Å². The standard InChI is InChI=1S/C14H18N2O3/c17-13(18)11-4-6-12(7-5-11)16-14(19)15-9-8-10-2-1-3-10/h4-7,10H,1-3,8-9H2,(H,17,18)(H2,15,16,19). The molecule has 5 heteroatoms. The third-order valence-corrected chi connectivity index (χ3v) is 3.45. The van der Waals surface area contributed by atoms with Gasteiger partial charge in [-0.2, -0.15) is 0 Å². The van der Waals surface area contributed by atoms with Crippen molar-refractivity contribution in [2.24, 2.45) is 5.92 Å². The van der Waals surface area contributed by atoms with Crippen molar-refractivity contribution in [1.82, 2.24) is 5.32 Å². The van der Waals surface area contributed by atoms with Gasteiger partial charge in [-0.1, -0.05) is 19.3 Å². The Balaban J connectivity index is 1.73. The molecule has 0 unspecified atom stereocenters. The van der Waals surface area contributed by atoms with Crippen molar-refractivity contribution in [3.8, 4) is 0 Å². The Morgan fingerprint density at radius 1 is 1.21 bits per heavy atom. The van der Waals surface area contributed by atoms with Crippen LogP contribution in [0.4, 0.5) is 10.5 Å². The number of anilines is 1. The van der Waals surface area contributed by atoms with Crippen LogP contribution in [0.1, 0.15) is 36.0 Å². The number of rotatable bonds is 5. The second-order valence-electron chi connectivity index (χ2n) is 4.85. The van der Waals surface area contributed by atoms with E-state index in [1.807, 2.05) is 0 Å². The molecule has 1 aromatic rings. The van der Waals surface area contributed by atoms with E-state index in [-0.39, 0.29) is 11.6 Å². The molecule has 0 radical (unpaired) electrons. The third-order valence-electron chi connectivity index (χ3n) is 3.45. The molecule has 2 rings (SSSR count). The highest BCUT2D eigenvalue weighted by Gasteiger charge is 2.16. The molecular formula is C14H18N2O3. The first-order valence-corrected chi connectivity index (χ1v) is 6.53. The quantitative estimate of drug-likeness (QED) is 0.763. The summed E-state index contributed by atoms with van der Waals surface area (Å²) >= 11 is 0. The lowest BCUT2D eigenvalue weighted by molar-refractivity contribution is 0.0697. The number of hydrogen-bond acceptors (Lipinski definition) is 2. The summed E-state index contributed by atoms with van der Waals surface area (Å²) in [5.41, 5.74) is 0.794. The van der Waals surface area contributed by atoms with E-state index in [1.165, 1.54) is 31.4 Å². The van der Waals surface area contributed by atoms with Crippen LogP contribution in [-0.2, 0) is 0 Å². The van der Waals surface area contributed by atoms with Gasteiger partial charge in [-0.05, 0) is 36.6 Å². The maximum Gasteiger partial charge on any atom is 0.335 e.